The molecule has 6 nitrogen and oxygen atoms in total. The number of likely N-dealkylation sites (tertiary alicyclic amines) is 2. The predicted octanol–water partition coefficient (Wildman–Crippen LogP) is 2.07. The van der Waals surface area contributed by atoms with Gasteiger partial charge in [-0.05, 0) is 63.4 Å². The van der Waals surface area contributed by atoms with Crippen molar-refractivity contribution in [3.63, 3.8) is 0 Å². The number of hydrogen-bond acceptors (Lipinski definition) is 3. The molecule has 0 aliphatic carbocycles. The number of nitrogens with one attached hydrogen (secondary N) is 1. The lowest BCUT2D eigenvalue weighted by molar-refractivity contribution is 0.0827. The van der Waals surface area contributed by atoms with Crippen LogP contribution in [0.25, 0.3) is 0 Å². The van der Waals surface area contributed by atoms with E-state index in [9.17, 15) is 4.79 Å². The van der Waals surface area contributed by atoms with Gasteiger partial charge in [0.05, 0.1) is 0 Å². The Balaban J connectivity index is 1.58. The molecule has 6 heteroatoms. The van der Waals surface area contributed by atoms with Gasteiger partial charge in [-0.15, -0.1) is 0 Å². The molecule has 28 heavy (non-hydrogen) atoms. The summed E-state index contributed by atoms with van der Waals surface area (Å²) in [6.07, 6.45) is 4.77. The van der Waals surface area contributed by atoms with E-state index in [0.717, 1.165) is 49.7 Å². The van der Waals surface area contributed by atoms with E-state index in [-0.39, 0.29) is 5.91 Å². The number of rotatable bonds is 6. The average molecular weight is 386 g/mol. The van der Waals surface area contributed by atoms with E-state index in [1.807, 2.05) is 18.2 Å². The van der Waals surface area contributed by atoms with Crippen LogP contribution in [0.5, 0.6) is 0 Å². The molecule has 2 saturated heterocycles. The van der Waals surface area contributed by atoms with Crippen molar-refractivity contribution in [2.45, 2.75) is 38.6 Å². The van der Waals surface area contributed by atoms with Crippen LogP contribution in [0, 0.1) is 0 Å². The van der Waals surface area contributed by atoms with Gasteiger partial charge in [0.1, 0.15) is 0 Å². The Morgan fingerprint density at radius 2 is 2.04 bits per heavy atom. The molecule has 2 heterocycles. The molecule has 1 aromatic carbocycles. The topological polar surface area (TPSA) is 51.2 Å². The molecule has 0 spiro atoms. The van der Waals surface area contributed by atoms with Crippen molar-refractivity contribution in [2.75, 3.05) is 53.4 Å². The summed E-state index contributed by atoms with van der Waals surface area (Å²) < 4.78 is 0. The van der Waals surface area contributed by atoms with Crippen LogP contribution >= 0.6 is 0 Å². The monoisotopic (exact) mass is 385 g/mol. The van der Waals surface area contributed by atoms with Crippen molar-refractivity contribution in [3.8, 4) is 0 Å². The average Bonchev–Trinajstić information content (AvgIpc) is 3.38. The molecular weight excluding hydrogens is 350 g/mol. The summed E-state index contributed by atoms with van der Waals surface area (Å²) in [4.78, 5) is 23.7. The molecule has 0 saturated carbocycles. The zero-order chi connectivity index (χ0) is 19.9. The van der Waals surface area contributed by atoms with Gasteiger partial charge in [0.2, 0.25) is 0 Å². The highest BCUT2D eigenvalue weighted by molar-refractivity contribution is 5.94. The minimum Gasteiger partial charge on any atom is -0.357 e. The van der Waals surface area contributed by atoms with Gasteiger partial charge in [-0.1, -0.05) is 12.1 Å². The first-order valence-electron chi connectivity index (χ1n) is 10.7. The minimum absolute atomic E-state index is 0.0451. The maximum atomic E-state index is 12.2. The van der Waals surface area contributed by atoms with Gasteiger partial charge < -0.3 is 15.1 Å². The lowest BCUT2D eigenvalue weighted by Crippen LogP contribution is -2.42. The van der Waals surface area contributed by atoms with Gasteiger partial charge in [-0.25, -0.2) is 0 Å². The Bertz CT molecular complexity index is 681. The van der Waals surface area contributed by atoms with E-state index in [2.05, 4.69) is 28.1 Å². The van der Waals surface area contributed by atoms with Crippen LogP contribution in [0.2, 0.25) is 0 Å². The number of benzene rings is 1. The van der Waals surface area contributed by atoms with Crippen molar-refractivity contribution < 1.29 is 4.79 Å². The molecule has 1 aromatic rings. The molecule has 2 fully saturated rings. The summed E-state index contributed by atoms with van der Waals surface area (Å²) in [5, 5.41) is 3.46. The van der Waals surface area contributed by atoms with Crippen molar-refractivity contribution >= 4 is 11.9 Å². The first kappa shape index (κ1) is 20.6. The van der Waals surface area contributed by atoms with Gasteiger partial charge in [0, 0.05) is 51.9 Å². The third-order valence-corrected chi connectivity index (χ3v) is 5.70. The van der Waals surface area contributed by atoms with E-state index in [1.54, 1.807) is 19.0 Å². The lowest BCUT2D eigenvalue weighted by atomic mass is 10.1. The van der Waals surface area contributed by atoms with Crippen molar-refractivity contribution in [1.82, 2.24) is 20.0 Å². The third kappa shape index (κ3) is 5.25. The van der Waals surface area contributed by atoms with Crippen molar-refractivity contribution in [1.29, 1.82) is 0 Å². The fraction of sp³-hybridized carbons (Fsp3) is 0.636. The molecule has 1 unspecified atom stereocenters. The zero-order valence-electron chi connectivity index (χ0n) is 17.7. The smallest absolute Gasteiger partial charge is 0.253 e. The third-order valence-electron chi connectivity index (χ3n) is 5.70. The largest absolute Gasteiger partial charge is 0.357 e. The number of carbonyl (C=O) groups is 1. The Kier molecular flexibility index (Phi) is 7.31. The van der Waals surface area contributed by atoms with Crippen LogP contribution < -0.4 is 5.32 Å². The van der Waals surface area contributed by atoms with E-state index in [1.165, 1.54) is 32.4 Å². The van der Waals surface area contributed by atoms with E-state index in [4.69, 9.17) is 4.99 Å². The van der Waals surface area contributed by atoms with Gasteiger partial charge in [0.25, 0.3) is 5.91 Å². The fourth-order valence-corrected chi connectivity index (χ4v) is 4.17. The first-order chi connectivity index (χ1) is 13.6. The number of guanidine groups is 1. The molecule has 0 radical (unpaired) electrons. The van der Waals surface area contributed by atoms with Crippen molar-refractivity contribution in [2.24, 2.45) is 4.99 Å². The number of aliphatic imine (C=N–C) groups is 1. The Morgan fingerprint density at radius 3 is 2.75 bits per heavy atom. The van der Waals surface area contributed by atoms with Crippen LogP contribution in [0.1, 0.15) is 42.1 Å². The normalized spacial score (nSPS) is 20.6. The van der Waals surface area contributed by atoms with Crippen LogP contribution in [-0.2, 0) is 6.42 Å². The Morgan fingerprint density at radius 1 is 1.25 bits per heavy atom. The standard InChI is InChI=1S/C22H35N5O/c1-4-23-22(27-15-11-20(17-27)26-13-5-6-14-26)24-12-10-18-8-7-9-19(16-18)21(28)25(2)3/h7-9,16,20H,4-6,10-15,17H2,1-3H3,(H,23,24). The summed E-state index contributed by atoms with van der Waals surface area (Å²) in [7, 11) is 3.57. The van der Waals surface area contributed by atoms with E-state index >= 15 is 0 Å². The summed E-state index contributed by atoms with van der Waals surface area (Å²) in [5.41, 5.74) is 1.90. The van der Waals surface area contributed by atoms with Crippen LogP contribution in [0.3, 0.4) is 0 Å². The number of nitrogens with zero attached hydrogens (tertiary/aromatic N) is 4. The molecular formula is C22H35N5O. The molecule has 0 bridgehead atoms. The second kappa shape index (κ2) is 9.92. The SMILES string of the molecule is CCNC(=NCCc1cccc(C(=O)N(C)C)c1)N1CCC(N2CCCC2)C1. The second-order valence-electron chi connectivity index (χ2n) is 8.02. The van der Waals surface area contributed by atoms with Crippen LogP contribution in [0.4, 0.5) is 0 Å². The van der Waals surface area contributed by atoms with E-state index in [0.29, 0.717) is 6.04 Å². The van der Waals surface area contributed by atoms with Crippen LogP contribution in [0.15, 0.2) is 29.3 Å². The summed E-state index contributed by atoms with van der Waals surface area (Å²) >= 11 is 0. The maximum Gasteiger partial charge on any atom is 0.253 e. The highest BCUT2D eigenvalue weighted by Gasteiger charge is 2.30. The molecule has 1 atom stereocenters. The molecule has 2 aliphatic rings. The summed E-state index contributed by atoms with van der Waals surface area (Å²) in [6, 6.07) is 8.59. The Hall–Kier alpha value is -2.08. The number of carbonyl (C=O) groups excluding carboxylic acids is 1. The molecule has 3 rings (SSSR count). The highest BCUT2D eigenvalue weighted by atomic mass is 16.2. The molecule has 1 N–H and O–H groups in total. The Labute approximate surface area is 169 Å². The van der Waals surface area contributed by atoms with Gasteiger partial charge in [0.15, 0.2) is 5.96 Å². The first-order valence-corrected chi connectivity index (χ1v) is 10.7. The van der Waals surface area contributed by atoms with Gasteiger partial charge in [-0.3, -0.25) is 14.7 Å². The highest BCUT2D eigenvalue weighted by Crippen LogP contribution is 2.20. The fourth-order valence-electron chi connectivity index (χ4n) is 4.17. The zero-order valence-corrected chi connectivity index (χ0v) is 17.7. The van der Waals surface area contributed by atoms with Crippen molar-refractivity contribution in [3.05, 3.63) is 35.4 Å². The second-order valence-corrected chi connectivity index (χ2v) is 8.02. The molecule has 1 amide bonds. The van der Waals surface area contributed by atoms with E-state index < -0.39 is 0 Å². The summed E-state index contributed by atoms with van der Waals surface area (Å²) in [5.74, 6) is 1.08. The van der Waals surface area contributed by atoms with Gasteiger partial charge in [-0.2, -0.15) is 0 Å². The minimum atomic E-state index is 0.0451. The molecule has 0 aromatic heterocycles. The maximum absolute atomic E-state index is 12.2. The quantitative estimate of drug-likeness (QED) is 0.602. The lowest BCUT2D eigenvalue weighted by Gasteiger charge is -2.25. The number of hydrogen-bond donors (Lipinski definition) is 1. The number of amides is 1. The predicted molar refractivity (Wildman–Crippen MR) is 115 cm³/mol. The summed E-state index contributed by atoms with van der Waals surface area (Å²) in [6.45, 7) is 8.42. The van der Waals surface area contributed by atoms with Gasteiger partial charge >= 0.3 is 0 Å². The molecule has 2 aliphatic heterocycles. The van der Waals surface area contributed by atoms with Crippen LogP contribution in [-0.4, -0.2) is 86.0 Å². The molecule has 154 valence electrons.